The second kappa shape index (κ2) is 16.9. The Morgan fingerprint density at radius 3 is 0.983 bits per heavy atom. The lowest BCUT2D eigenvalue weighted by Gasteiger charge is -2.38. The van der Waals surface area contributed by atoms with Crippen LogP contribution in [0, 0.1) is 0 Å². The molecular weight excluding hydrogens is 729 g/mol. The van der Waals surface area contributed by atoms with Crippen LogP contribution in [-0.2, 0) is 0 Å². The molecule has 288 valence electrons. The maximum absolute atomic E-state index is 4.96. The quantitative estimate of drug-likeness (QED) is 0.147. The van der Waals surface area contributed by atoms with Gasteiger partial charge in [-0.25, -0.2) is 0 Å². The molecular formula is C56H44N4. The maximum atomic E-state index is 4.96. The molecule has 4 nitrogen and oxygen atoms in total. The first-order valence-corrected chi connectivity index (χ1v) is 20.9. The lowest BCUT2D eigenvalue weighted by molar-refractivity contribution is 0.353. The molecule has 1 aliphatic carbocycles. The van der Waals surface area contributed by atoms with E-state index in [0.29, 0.717) is 17.8 Å². The fourth-order valence-corrected chi connectivity index (χ4v) is 9.31. The van der Waals surface area contributed by atoms with Gasteiger partial charge < -0.3 is 0 Å². The zero-order valence-electron chi connectivity index (χ0n) is 33.3. The molecule has 0 amide bonds. The van der Waals surface area contributed by atoms with Crippen LogP contribution in [0.25, 0.3) is 67.3 Å². The SMILES string of the molecule is c1ccc(-c2ccc(-c3ccccc3C3CC(c4ccccc4-c4ccc(-c5ccccc5)nc4)CC(c4ccccc4-c4ccc(-c5ccccn5)nc4)C3)cn2)cc1. The molecule has 4 aromatic heterocycles. The molecule has 0 N–H and O–H groups in total. The van der Waals surface area contributed by atoms with E-state index < -0.39 is 0 Å². The fourth-order valence-electron chi connectivity index (χ4n) is 9.31. The van der Waals surface area contributed by atoms with E-state index in [1.54, 1.807) is 0 Å². The van der Waals surface area contributed by atoms with Crippen molar-refractivity contribution in [1.29, 1.82) is 0 Å². The van der Waals surface area contributed by atoms with Crippen LogP contribution in [0.3, 0.4) is 0 Å². The van der Waals surface area contributed by atoms with Gasteiger partial charge in [-0.05, 0) is 101 Å². The highest BCUT2D eigenvalue weighted by Crippen LogP contribution is 2.52. The normalized spacial score (nSPS) is 16.3. The van der Waals surface area contributed by atoms with Crippen molar-refractivity contribution < 1.29 is 0 Å². The molecule has 0 radical (unpaired) electrons. The van der Waals surface area contributed by atoms with E-state index in [9.17, 15) is 0 Å². The molecule has 2 atom stereocenters. The van der Waals surface area contributed by atoms with Crippen molar-refractivity contribution in [3.63, 3.8) is 0 Å². The molecule has 10 rings (SSSR count). The zero-order valence-corrected chi connectivity index (χ0v) is 33.3. The Morgan fingerprint density at radius 1 is 0.267 bits per heavy atom. The molecule has 0 spiro atoms. The van der Waals surface area contributed by atoms with Gasteiger partial charge in [-0.15, -0.1) is 0 Å². The van der Waals surface area contributed by atoms with Crippen molar-refractivity contribution in [1.82, 2.24) is 19.9 Å². The number of hydrogen-bond acceptors (Lipinski definition) is 4. The number of hydrogen-bond donors (Lipinski definition) is 0. The van der Waals surface area contributed by atoms with Gasteiger partial charge >= 0.3 is 0 Å². The molecule has 1 aliphatic rings. The highest BCUT2D eigenvalue weighted by Gasteiger charge is 2.34. The highest BCUT2D eigenvalue weighted by atomic mass is 14.8. The first-order chi connectivity index (χ1) is 29.7. The first-order valence-electron chi connectivity index (χ1n) is 20.9. The van der Waals surface area contributed by atoms with Gasteiger partial charge in [0.25, 0.3) is 0 Å². The van der Waals surface area contributed by atoms with Crippen molar-refractivity contribution in [3.05, 3.63) is 230 Å². The minimum absolute atomic E-state index is 0.304. The van der Waals surface area contributed by atoms with Gasteiger partial charge in [-0.1, -0.05) is 158 Å². The summed E-state index contributed by atoms with van der Waals surface area (Å²) in [6.45, 7) is 0. The van der Waals surface area contributed by atoms with E-state index in [2.05, 4.69) is 175 Å². The fraction of sp³-hybridized carbons (Fsp3) is 0.107. The third kappa shape index (κ3) is 7.68. The van der Waals surface area contributed by atoms with Crippen molar-refractivity contribution in [2.24, 2.45) is 0 Å². The number of pyridine rings is 4. The molecule has 1 fully saturated rings. The van der Waals surface area contributed by atoms with E-state index in [4.69, 9.17) is 15.0 Å². The summed E-state index contributed by atoms with van der Waals surface area (Å²) in [4.78, 5) is 19.4. The van der Waals surface area contributed by atoms with Crippen LogP contribution in [-0.4, -0.2) is 19.9 Å². The summed E-state index contributed by atoms with van der Waals surface area (Å²) in [6.07, 6.45) is 11.1. The molecule has 9 aromatic rings. The van der Waals surface area contributed by atoms with Crippen molar-refractivity contribution in [2.45, 2.75) is 37.0 Å². The van der Waals surface area contributed by atoms with E-state index in [-0.39, 0.29) is 0 Å². The number of benzene rings is 5. The number of rotatable bonds is 9. The Hall–Kier alpha value is -7.30. The van der Waals surface area contributed by atoms with Gasteiger partial charge in [-0.2, -0.15) is 0 Å². The van der Waals surface area contributed by atoms with Crippen LogP contribution in [0.2, 0.25) is 0 Å². The maximum Gasteiger partial charge on any atom is 0.0886 e. The largest absolute Gasteiger partial charge is 0.256 e. The minimum atomic E-state index is 0.304. The summed E-state index contributed by atoms with van der Waals surface area (Å²) in [6, 6.07) is 66.9. The van der Waals surface area contributed by atoms with E-state index in [1.807, 2.05) is 42.7 Å². The molecule has 2 unspecified atom stereocenters. The average molecular weight is 773 g/mol. The lowest BCUT2D eigenvalue weighted by atomic mass is 9.66. The van der Waals surface area contributed by atoms with Crippen molar-refractivity contribution in [3.8, 4) is 67.3 Å². The molecule has 0 bridgehead atoms. The van der Waals surface area contributed by atoms with Crippen LogP contribution in [0.4, 0.5) is 0 Å². The van der Waals surface area contributed by atoms with E-state index >= 15 is 0 Å². The molecule has 0 aliphatic heterocycles. The van der Waals surface area contributed by atoms with Gasteiger partial charge in [0.1, 0.15) is 0 Å². The predicted molar refractivity (Wildman–Crippen MR) is 245 cm³/mol. The smallest absolute Gasteiger partial charge is 0.0886 e. The molecule has 1 saturated carbocycles. The second-order valence-electron chi connectivity index (χ2n) is 15.8. The number of nitrogens with zero attached hydrogens (tertiary/aromatic N) is 4. The summed E-state index contributed by atoms with van der Waals surface area (Å²) in [5, 5.41) is 0. The van der Waals surface area contributed by atoms with Gasteiger partial charge in [0.05, 0.1) is 22.8 Å². The van der Waals surface area contributed by atoms with Gasteiger partial charge in [0.15, 0.2) is 0 Å². The monoisotopic (exact) mass is 772 g/mol. The van der Waals surface area contributed by atoms with Crippen LogP contribution in [0.1, 0.15) is 53.7 Å². The Bertz CT molecular complexity index is 2500. The van der Waals surface area contributed by atoms with Gasteiger partial charge in [-0.3, -0.25) is 19.9 Å². The Labute approximate surface area is 352 Å². The summed E-state index contributed by atoms with van der Waals surface area (Å²) < 4.78 is 0. The van der Waals surface area contributed by atoms with Crippen LogP contribution >= 0.6 is 0 Å². The zero-order chi connectivity index (χ0) is 40.1. The van der Waals surface area contributed by atoms with Crippen LogP contribution < -0.4 is 0 Å². The Morgan fingerprint density at radius 2 is 0.617 bits per heavy atom. The summed E-state index contributed by atoms with van der Waals surface area (Å²) >= 11 is 0. The molecule has 0 saturated heterocycles. The van der Waals surface area contributed by atoms with Crippen LogP contribution in [0.5, 0.6) is 0 Å². The van der Waals surface area contributed by atoms with Gasteiger partial charge in [0, 0.05) is 52.6 Å². The average Bonchev–Trinajstić information content (AvgIpc) is 3.35. The predicted octanol–water partition coefficient (Wildman–Crippen LogP) is 14.1. The lowest BCUT2D eigenvalue weighted by Crippen LogP contribution is -2.21. The van der Waals surface area contributed by atoms with Crippen molar-refractivity contribution >= 4 is 0 Å². The summed E-state index contributed by atoms with van der Waals surface area (Å²) in [5.74, 6) is 0.921. The minimum Gasteiger partial charge on any atom is -0.256 e. The van der Waals surface area contributed by atoms with E-state index in [0.717, 1.165) is 69.9 Å². The Kier molecular flexibility index (Phi) is 10.4. The van der Waals surface area contributed by atoms with Crippen molar-refractivity contribution in [2.75, 3.05) is 0 Å². The standard InChI is InChI=1S/C56H44N4/c1-3-15-39(16-4-1)53-29-26-41(36-58-53)47-19-7-10-22-50(47)44-33-45(51-23-11-8-20-48(51)42-27-30-54(59-37-42)40-17-5-2-6-18-40)35-46(34-44)52-24-12-9-21-49(52)43-28-31-56(60-38-43)55-25-13-14-32-57-55/h1-32,36-38,44-46H,33-35H2. The molecule has 5 aromatic carbocycles. The number of aromatic nitrogens is 4. The Balaban J connectivity index is 1.04. The topological polar surface area (TPSA) is 51.6 Å². The third-order valence-electron chi connectivity index (χ3n) is 12.2. The molecule has 4 heterocycles. The van der Waals surface area contributed by atoms with Gasteiger partial charge in [0.2, 0.25) is 0 Å². The second-order valence-corrected chi connectivity index (χ2v) is 15.8. The summed E-state index contributed by atoms with van der Waals surface area (Å²) in [7, 11) is 0. The molecule has 4 heteroatoms. The first kappa shape index (κ1) is 37.0. The highest BCUT2D eigenvalue weighted by molar-refractivity contribution is 5.73. The molecule has 60 heavy (non-hydrogen) atoms. The van der Waals surface area contributed by atoms with Crippen LogP contribution in [0.15, 0.2) is 213 Å². The summed E-state index contributed by atoms with van der Waals surface area (Å²) in [5.41, 5.74) is 17.3. The third-order valence-corrected chi connectivity index (χ3v) is 12.2. The van der Waals surface area contributed by atoms with E-state index in [1.165, 1.54) is 33.4 Å².